The van der Waals surface area contributed by atoms with Crippen molar-refractivity contribution in [2.45, 2.75) is 25.7 Å². The van der Waals surface area contributed by atoms with Crippen molar-refractivity contribution in [1.82, 2.24) is 9.97 Å². The number of anilines is 2. The van der Waals surface area contributed by atoms with Gasteiger partial charge < -0.3 is 10.2 Å². The highest BCUT2D eigenvalue weighted by atomic mass is 16.1. The fraction of sp³-hybridized carbons (Fsp3) is 0.286. The van der Waals surface area contributed by atoms with Crippen LogP contribution in [0.2, 0.25) is 0 Å². The van der Waals surface area contributed by atoms with Crippen LogP contribution in [0.3, 0.4) is 0 Å². The van der Waals surface area contributed by atoms with Crippen LogP contribution in [0.1, 0.15) is 36.2 Å². The van der Waals surface area contributed by atoms with E-state index >= 15 is 0 Å². The van der Waals surface area contributed by atoms with Gasteiger partial charge in [-0.05, 0) is 37.1 Å². The van der Waals surface area contributed by atoms with Gasteiger partial charge in [-0.3, -0.25) is 9.78 Å². The van der Waals surface area contributed by atoms with Crippen molar-refractivity contribution in [1.29, 1.82) is 0 Å². The predicted molar refractivity (Wildman–Crippen MR) is 105 cm³/mol. The highest BCUT2D eigenvalue weighted by Gasteiger charge is 2.13. The fourth-order valence-corrected chi connectivity index (χ4v) is 3.43. The van der Waals surface area contributed by atoms with Gasteiger partial charge in [0.05, 0.1) is 23.1 Å². The Bertz CT molecular complexity index is 894. The molecule has 0 unspecified atom stereocenters. The Balaban J connectivity index is 1.51. The zero-order valence-corrected chi connectivity index (χ0v) is 14.7. The lowest BCUT2D eigenvalue weighted by molar-refractivity contribution is 0.102. The molecule has 0 saturated carbocycles. The zero-order valence-electron chi connectivity index (χ0n) is 14.7. The van der Waals surface area contributed by atoms with Gasteiger partial charge in [0.15, 0.2) is 0 Å². The van der Waals surface area contributed by atoms with Crippen LogP contribution in [0, 0.1) is 0 Å². The molecule has 1 fully saturated rings. The maximum absolute atomic E-state index is 12.6. The number of nitrogens with zero attached hydrogens (tertiary/aromatic N) is 3. The zero-order chi connectivity index (χ0) is 17.8. The fourth-order valence-electron chi connectivity index (χ4n) is 3.43. The van der Waals surface area contributed by atoms with Crippen LogP contribution in [-0.4, -0.2) is 29.0 Å². The molecule has 1 amide bonds. The predicted octanol–water partition coefficient (Wildman–Crippen LogP) is 4.26. The lowest BCUT2D eigenvalue weighted by atomic mass is 10.2. The number of pyridine rings is 2. The summed E-state index contributed by atoms with van der Waals surface area (Å²) < 4.78 is 0. The normalized spacial score (nSPS) is 14.8. The molecular formula is C21H22N4O. The second kappa shape index (κ2) is 7.52. The van der Waals surface area contributed by atoms with E-state index in [0.29, 0.717) is 11.4 Å². The maximum Gasteiger partial charge on any atom is 0.274 e. The third-order valence-electron chi connectivity index (χ3n) is 4.83. The molecule has 0 radical (unpaired) electrons. The molecule has 0 atom stereocenters. The Morgan fingerprint density at radius 2 is 1.73 bits per heavy atom. The number of fused-ring (bicyclic) bond motifs is 1. The van der Waals surface area contributed by atoms with Gasteiger partial charge >= 0.3 is 0 Å². The van der Waals surface area contributed by atoms with Gasteiger partial charge in [-0.1, -0.05) is 31.0 Å². The molecule has 1 saturated heterocycles. The van der Waals surface area contributed by atoms with Crippen molar-refractivity contribution >= 4 is 28.2 Å². The molecule has 0 aliphatic carbocycles. The number of benzene rings is 1. The van der Waals surface area contributed by atoms with Crippen LogP contribution in [0.4, 0.5) is 11.4 Å². The molecule has 4 rings (SSSR count). The van der Waals surface area contributed by atoms with Crippen LogP contribution in [0.15, 0.2) is 54.9 Å². The molecule has 3 heterocycles. The average Bonchev–Trinajstić information content (AvgIpc) is 2.98. The molecule has 3 aromatic rings. The summed E-state index contributed by atoms with van der Waals surface area (Å²) in [6.45, 7) is 2.13. The van der Waals surface area contributed by atoms with E-state index in [2.05, 4.69) is 20.2 Å². The molecule has 0 spiro atoms. The van der Waals surface area contributed by atoms with Gasteiger partial charge in [0.1, 0.15) is 5.69 Å². The van der Waals surface area contributed by atoms with Gasteiger partial charge in [-0.2, -0.15) is 0 Å². The Kier molecular flexibility index (Phi) is 4.78. The number of aromatic nitrogens is 2. The van der Waals surface area contributed by atoms with Crippen molar-refractivity contribution in [2.24, 2.45) is 0 Å². The summed E-state index contributed by atoms with van der Waals surface area (Å²) >= 11 is 0. The molecule has 1 aromatic carbocycles. The summed E-state index contributed by atoms with van der Waals surface area (Å²) in [6.07, 6.45) is 8.56. The molecule has 1 N–H and O–H groups in total. The number of para-hydroxylation sites is 1. The number of hydrogen-bond donors (Lipinski definition) is 1. The third-order valence-corrected chi connectivity index (χ3v) is 4.83. The van der Waals surface area contributed by atoms with Crippen LogP contribution in [-0.2, 0) is 0 Å². The molecular weight excluding hydrogens is 324 g/mol. The van der Waals surface area contributed by atoms with Crippen molar-refractivity contribution in [3.05, 3.63) is 60.6 Å². The summed E-state index contributed by atoms with van der Waals surface area (Å²) in [5, 5.41) is 3.93. The van der Waals surface area contributed by atoms with E-state index in [1.54, 1.807) is 12.3 Å². The highest BCUT2D eigenvalue weighted by Crippen LogP contribution is 2.22. The maximum atomic E-state index is 12.6. The minimum Gasteiger partial charge on any atom is -0.370 e. The monoisotopic (exact) mass is 346 g/mol. The Morgan fingerprint density at radius 1 is 0.923 bits per heavy atom. The quantitative estimate of drug-likeness (QED) is 0.770. The largest absolute Gasteiger partial charge is 0.370 e. The number of nitrogens with one attached hydrogen (secondary N) is 1. The first-order valence-electron chi connectivity index (χ1n) is 9.17. The van der Waals surface area contributed by atoms with Crippen LogP contribution in [0.5, 0.6) is 0 Å². The van der Waals surface area contributed by atoms with E-state index in [4.69, 9.17) is 0 Å². The highest BCUT2D eigenvalue weighted by molar-refractivity contribution is 6.07. The minimum atomic E-state index is -0.217. The minimum absolute atomic E-state index is 0.217. The van der Waals surface area contributed by atoms with Crippen LogP contribution < -0.4 is 10.2 Å². The van der Waals surface area contributed by atoms with Crippen LogP contribution in [0.25, 0.3) is 10.9 Å². The average molecular weight is 346 g/mol. The number of amides is 1. The van der Waals surface area contributed by atoms with Crippen molar-refractivity contribution in [3.63, 3.8) is 0 Å². The van der Waals surface area contributed by atoms with E-state index in [-0.39, 0.29) is 5.91 Å². The van der Waals surface area contributed by atoms with E-state index in [1.165, 1.54) is 25.7 Å². The molecule has 5 heteroatoms. The summed E-state index contributed by atoms with van der Waals surface area (Å²) in [6, 6.07) is 13.4. The second-order valence-corrected chi connectivity index (χ2v) is 6.64. The summed E-state index contributed by atoms with van der Waals surface area (Å²) in [4.78, 5) is 23.7. The lowest BCUT2D eigenvalue weighted by Gasteiger charge is -2.22. The SMILES string of the molecule is O=C(Nc1cccc2cccnc12)c1ccc(N2CCCCCC2)cn1. The number of rotatable bonds is 3. The molecule has 0 bridgehead atoms. The second-order valence-electron chi connectivity index (χ2n) is 6.64. The topological polar surface area (TPSA) is 58.1 Å². The van der Waals surface area contributed by atoms with E-state index in [0.717, 1.165) is 29.7 Å². The molecule has 26 heavy (non-hydrogen) atoms. The van der Waals surface area contributed by atoms with E-state index in [1.807, 2.05) is 42.6 Å². The van der Waals surface area contributed by atoms with Gasteiger partial charge in [-0.15, -0.1) is 0 Å². The van der Waals surface area contributed by atoms with Crippen molar-refractivity contribution in [2.75, 3.05) is 23.3 Å². The van der Waals surface area contributed by atoms with E-state index < -0.39 is 0 Å². The smallest absolute Gasteiger partial charge is 0.274 e. The first-order chi connectivity index (χ1) is 12.8. The third kappa shape index (κ3) is 3.52. The number of hydrogen-bond acceptors (Lipinski definition) is 4. The van der Waals surface area contributed by atoms with Crippen molar-refractivity contribution < 1.29 is 4.79 Å². The Hall–Kier alpha value is -2.95. The van der Waals surface area contributed by atoms with Gasteiger partial charge in [0.25, 0.3) is 5.91 Å². The Morgan fingerprint density at radius 3 is 2.50 bits per heavy atom. The number of carbonyl (C=O) groups excluding carboxylic acids is 1. The number of carbonyl (C=O) groups is 1. The Labute approximate surface area is 153 Å². The first kappa shape index (κ1) is 16.5. The summed E-state index contributed by atoms with van der Waals surface area (Å²) in [5.41, 5.74) is 2.99. The van der Waals surface area contributed by atoms with E-state index in [9.17, 15) is 4.79 Å². The van der Waals surface area contributed by atoms with Gasteiger partial charge in [0, 0.05) is 24.7 Å². The van der Waals surface area contributed by atoms with Gasteiger partial charge in [0.2, 0.25) is 0 Å². The summed E-state index contributed by atoms with van der Waals surface area (Å²) in [5.74, 6) is -0.217. The summed E-state index contributed by atoms with van der Waals surface area (Å²) in [7, 11) is 0. The molecule has 1 aliphatic heterocycles. The molecule has 2 aromatic heterocycles. The molecule has 132 valence electrons. The van der Waals surface area contributed by atoms with Crippen LogP contribution >= 0.6 is 0 Å². The molecule has 5 nitrogen and oxygen atoms in total. The standard InChI is InChI=1S/C21H22N4O/c26-21(24-18-9-5-7-16-8-6-12-22-20(16)18)19-11-10-17(15-23-19)25-13-3-1-2-4-14-25/h5-12,15H,1-4,13-14H2,(H,24,26). The van der Waals surface area contributed by atoms with Gasteiger partial charge in [-0.25, -0.2) is 4.98 Å². The first-order valence-corrected chi connectivity index (χ1v) is 9.17. The van der Waals surface area contributed by atoms with Crippen molar-refractivity contribution in [3.8, 4) is 0 Å². The molecule has 1 aliphatic rings. The lowest BCUT2D eigenvalue weighted by Crippen LogP contribution is -2.24.